The van der Waals surface area contributed by atoms with Crippen LogP contribution in [0.25, 0.3) is 0 Å². The second-order valence-corrected chi connectivity index (χ2v) is 7.37. The van der Waals surface area contributed by atoms with Crippen molar-refractivity contribution in [2.45, 2.75) is 47.0 Å². The number of aliphatic hydroxyl groups excluding tert-OH is 1. The lowest BCUT2D eigenvalue weighted by Crippen LogP contribution is -2.20. The fraction of sp³-hybridized carbons (Fsp3) is 0.444. The molecule has 1 aromatic carbocycles. The summed E-state index contributed by atoms with van der Waals surface area (Å²) in [6, 6.07) is 9.25. The Bertz CT molecular complexity index is 621. The number of nitrogens with one attached hydrogen (secondary N) is 1. The van der Waals surface area contributed by atoms with Crippen LogP contribution in [-0.4, -0.2) is 11.0 Å². The Labute approximate surface area is 132 Å². The highest BCUT2D eigenvalue weighted by Gasteiger charge is 2.25. The van der Waals surface area contributed by atoms with Crippen molar-refractivity contribution >= 4 is 11.6 Å². The van der Waals surface area contributed by atoms with Crippen molar-refractivity contribution in [1.82, 2.24) is 0 Å². The van der Waals surface area contributed by atoms with Crippen LogP contribution >= 0.6 is 0 Å². The zero-order valence-electron chi connectivity index (χ0n) is 14.1. The van der Waals surface area contributed by atoms with Crippen LogP contribution in [0.2, 0.25) is 0 Å². The summed E-state index contributed by atoms with van der Waals surface area (Å²) in [5.74, 6) is -0.808. The van der Waals surface area contributed by atoms with Crippen molar-refractivity contribution in [2.75, 3.05) is 5.32 Å². The lowest BCUT2D eigenvalue weighted by molar-refractivity contribution is -0.112. The molecule has 0 unspecified atom stereocenters. The molecule has 0 heterocycles. The van der Waals surface area contributed by atoms with E-state index in [-0.39, 0.29) is 16.7 Å². The molecule has 22 heavy (non-hydrogen) atoms. The Balaban J connectivity index is 3.00. The first-order valence-corrected chi connectivity index (χ1v) is 7.22. The number of nitriles is 1. The summed E-state index contributed by atoms with van der Waals surface area (Å²) < 4.78 is 0. The molecule has 118 valence electrons. The standard InChI is InChI=1S/C18H24N2O2/c1-17(2,3)12-7-9-13(10-8-12)20-16(22)14(11-19)15(21)18(4,5)6/h7-10,21H,1-6H3,(H,20,22)/b15-14-. The molecule has 0 atom stereocenters. The summed E-state index contributed by atoms with van der Waals surface area (Å²) in [6.07, 6.45) is 0. The van der Waals surface area contributed by atoms with Crippen molar-refractivity contribution in [2.24, 2.45) is 5.41 Å². The van der Waals surface area contributed by atoms with Gasteiger partial charge in [0.1, 0.15) is 11.8 Å². The predicted molar refractivity (Wildman–Crippen MR) is 88.5 cm³/mol. The molecular weight excluding hydrogens is 276 g/mol. The molecule has 2 N–H and O–H groups in total. The maximum Gasteiger partial charge on any atom is 0.269 e. The van der Waals surface area contributed by atoms with Crippen LogP contribution in [0.3, 0.4) is 0 Å². The number of rotatable bonds is 2. The van der Waals surface area contributed by atoms with E-state index in [1.165, 1.54) is 0 Å². The molecule has 0 aliphatic carbocycles. The summed E-state index contributed by atoms with van der Waals surface area (Å²) in [6.45, 7) is 11.6. The third-order valence-corrected chi connectivity index (χ3v) is 3.29. The van der Waals surface area contributed by atoms with Gasteiger partial charge in [-0.2, -0.15) is 5.26 Å². The van der Waals surface area contributed by atoms with E-state index in [0.717, 1.165) is 5.56 Å². The molecule has 1 rings (SSSR count). The number of allylic oxidation sites excluding steroid dienone is 1. The van der Waals surface area contributed by atoms with Crippen LogP contribution in [0.1, 0.15) is 47.1 Å². The molecule has 1 amide bonds. The highest BCUT2D eigenvalue weighted by Crippen LogP contribution is 2.27. The van der Waals surface area contributed by atoms with E-state index < -0.39 is 11.3 Å². The Morgan fingerprint density at radius 1 is 1.09 bits per heavy atom. The Morgan fingerprint density at radius 3 is 1.95 bits per heavy atom. The minimum absolute atomic E-state index is 0.0325. The molecule has 4 heteroatoms. The van der Waals surface area contributed by atoms with E-state index in [1.807, 2.05) is 12.1 Å². The molecule has 0 aliphatic rings. The van der Waals surface area contributed by atoms with Crippen molar-refractivity contribution in [3.8, 4) is 6.07 Å². The van der Waals surface area contributed by atoms with Crippen LogP contribution in [0.5, 0.6) is 0 Å². The average Bonchev–Trinajstić information content (AvgIpc) is 2.37. The molecular formula is C18H24N2O2. The summed E-state index contributed by atoms with van der Waals surface area (Å²) in [7, 11) is 0. The Hall–Kier alpha value is -2.28. The van der Waals surface area contributed by atoms with Crippen LogP contribution in [-0.2, 0) is 10.2 Å². The number of benzene rings is 1. The number of carbonyl (C=O) groups is 1. The fourth-order valence-electron chi connectivity index (χ4n) is 1.83. The predicted octanol–water partition coefficient (Wildman–Crippen LogP) is 4.30. The number of amides is 1. The van der Waals surface area contributed by atoms with Crippen LogP contribution in [0.4, 0.5) is 5.69 Å². The molecule has 0 spiro atoms. The maximum atomic E-state index is 12.2. The van der Waals surface area contributed by atoms with Crippen molar-refractivity contribution in [3.05, 3.63) is 41.2 Å². The van der Waals surface area contributed by atoms with E-state index in [4.69, 9.17) is 5.26 Å². The number of anilines is 1. The second kappa shape index (κ2) is 6.23. The van der Waals surface area contributed by atoms with Crippen LogP contribution in [0, 0.1) is 16.7 Å². The van der Waals surface area contributed by atoms with Gasteiger partial charge >= 0.3 is 0 Å². The fourth-order valence-corrected chi connectivity index (χ4v) is 1.83. The lowest BCUT2D eigenvalue weighted by atomic mass is 9.87. The van der Waals surface area contributed by atoms with Crippen LogP contribution < -0.4 is 5.32 Å². The van der Waals surface area contributed by atoms with Gasteiger partial charge in [0.05, 0.1) is 0 Å². The molecule has 0 saturated carbocycles. The van der Waals surface area contributed by atoms with E-state index in [0.29, 0.717) is 5.69 Å². The second-order valence-electron chi connectivity index (χ2n) is 7.37. The van der Waals surface area contributed by atoms with E-state index in [9.17, 15) is 9.90 Å². The van der Waals surface area contributed by atoms with E-state index in [1.54, 1.807) is 39.0 Å². The molecule has 0 saturated heterocycles. The average molecular weight is 300 g/mol. The van der Waals surface area contributed by atoms with Gasteiger partial charge in [0, 0.05) is 11.1 Å². The van der Waals surface area contributed by atoms with Gasteiger partial charge in [-0.1, -0.05) is 53.7 Å². The molecule has 0 bridgehead atoms. The Kier molecular flexibility index (Phi) is 5.03. The van der Waals surface area contributed by atoms with E-state index >= 15 is 0 Å². The first-order chi connectivity index (χ1) is 9.96. The van der Waals surface area contributed by atoms with Gasteiger partial charge in [0.25, 0.3) is 5.91 Å². The number of carbonyl (C=O) groups excluding carboxylic acids is 1. The minimum Gasteiger partial charge on any atom is -0.510 e. The molecule has 0 aromatic heterocycles. The summed E-state index contributed by atoms with van der Waals surface area (Å²) in [4.78, 5) is 12.2. The van der Waals surface area contributed by atoms with Crippen molar-refractivity contribution < 1.29 is 9.90 Å². The number of hydrogen-bond acceptors (Lipinski definition) is 3. The first kappa shape index (κ1) is 17.8. The molecule has 0 radical (unpaired) electrons. The van der Waals surface area contributed by atoms with Gasteiger partial charge in [0.15, 0.2) is 5.57 Å². The van der Waals surface area contributed by atoms with E-state index in [2.05, 4.69) is 26.1 Å². The number of hydrogen-bond donors (Lipinski definition) is 2. The Morgan fingerprint density at radius 2 is 1.59 bits per heavy atom. The van der Waals surface area contributed by atoms with Gasteiger partial charge in [0.2, 0.25) is 0 Å². The zero-order valence-corrected chi connectivity index (χ0v) is 14.1. The zero-order chi connectivity index (χ0) is 17.1. The first-order valence-electron chi connectivity index (χ1n) is 7.22. The summed E-state index contributed by atoms with van der Waals surface area (Å²) >= 11 is 0. The third kappa shape index (κ3) is 4.36. The lowest BCUT2D eigenvalue weighted by Gasteiger charge is -2.20. The highest BCUT2D eigenvalue weighted by atomic mass is 16.3. The minimum atomic E-state index is -0.654. The number of aliphatic hydroxyl groups is 1. The molecule has 1 aromatic rings. The molecule has 0 aliphatic heterocycles. The SMILES string of the molecule is CC(C)(C)/C(O)=C(\C#N)C(=O)Nc1ccc(C(C)(C)C)cc1. The molecule has 0 fully saturated rings. The van der Waals surface area contributed by atoms with Gasteiger partial charge in [-0.25, -0.2) is 0 Å². The monoisotopic (exact) mass is 300 g/mol. The quantitative estimate of drug-likeness (QED) is 0.486. The molecule has 4 nitrogen and oxygen atoms in total. The highest BCUT2D eigenvalue weighted by molar-refractivity contribution is 6.07. The largest absolute Gasteiger partial charge is 0.510 e. The van der Waals surface area contributed by atoms with Crippen LogP contribution in [0.15, 0.2) is 35.6 Å². The van der Waals surface area contributed by atoms with Crippen molar-refractivity contribution in [1.29, 1.82) is 5.26 Å². The smallest absolute Gasteiger partial charge is 0.269 e. The van der Waals surface area contributed by atoms with Crippen molar-refractivity contribution in [3.63, 3.8) is 0 Å². The van der Waals surface area contributed by atoms with Gasteiger partial charge in [-0.15, -0.1) is 0 Å². The van der Waals surface area contributed by atoms with Gasteiger partial charge < -0.3 is 10.4 Å². The third-order valence-electron chi connectivity index (χ3n) is 3.29. The summed E-state index contributed by atoms with van der Waals surface area (Å²) in [5.41, 5.74) is 0.863. The summed E-state index contributed by atoms with van der Waals surface area (Å²) in [5, 5.41) is 21.8. The number of nitrogens with zero attached hydrogens (tertiary/aromatic N) is 1. The normalized spacial score (nSPS) is 13.1. The maximum absolute atomic E-state index is 12.2. The van der Waals surface area contributed by atoms with Gasteiger partial charge in [-0.3, -0.25) is 4.79 Å². The van der Waals surface area contributed by atoms with Gasteiger partial charge in [-0.05, 0) is 23.1 Å². The topological polar surface area (TPSA) is 73.1 Å².